The van der Waals surface area contributed by atoms with Gasteiger partial charge in [0.2, 0.25) is 5.91 Å². The van der Waals surface area contributed by atoms with E-state index in [1.54, 1.807) is 18.3 Å². The number of hydrogen-bond acceptors (Lipinski definition) is 3. The average Bonchev–Trinajstić information content (AvgIpc) is 3.25. The van der Waals surface area contributed by atoms with E-state index in [9.17, 15) is 9.59 Å². The maximum absolute atomic E-state index is 12.6. The quantitative estimate of drug-likeness (QED) is 0.464. The summed E-state index contributed by atoms with van der Waals surface area (Å²) in [5.74, 6) is 0.164. The monoisotopic (exact) mass is 399 g/mol. The summed E-state index contributed by atoms with van der Waals surface area (Å²) in [4.78, 5) is 27.0. The van der Waals surface area contributed by atoms with Crippen LogP contribution in [0.1, 0.15) is 34.3 Å². The second-order valence-electron chi connectivity index (χ2n) is 7.62. The molecule has 30 heavy (non-hydrogen) atoms. The molecule has 2 heterocycles. The zero-order valence-electron chi connectivity index (χ0n) is 16.9. The minimum Gasteiger partial charge on any atom is -0.339 e. The molecule has 5 nitrogen and oxygen atoms in total. The Labute approximate surface area is 176 Å². The number of nitrogens with zero attached hydrogens (tertiary/aromatic N) is 3. The number of carbonyl (C=O) groups is 2. The van der Waals surface area contributed by atoms with Crippen LogP contribution in [0.5, 0.6) is 0 Å². The van der Waals surface area contributed by atoms with Crippen LogP contribution in [-0.2, 0) is 11.3 Å². The van der Waals surface area contributed by atoms with Crippen molar-refractivity contribution in [3.8, 4) is 0 Å². The van der Waals surface area contributed by atoms with Gasteiger partial charge < -0.3 is 4.90 Å². The van der Waals surface area contributed by atoms with Crippen molar-refractivity contribution in [2.24, 2.45) is 5.92 Å². The van der Waals surface area contributed by atoms with E-state index < -0.39 is 0 Å². The highest BCUT2D eigenvalue weighted by molar-refractivity contribution is 5.98. The van der Waals surface area contributed by atoms with Crippen LogP contribution in [0.2, 0.25) is 0 Å². The second kappa shape index (κ2) is 9.35. The number of aromatic nitrogens is 2. The van der Waals surface area contributed by atoms with E-state index in [4.69, 9.17) is 0 Å². The number of piperidine rings is 1. The summed E-state index contributed by atoms with van der Waals surface area (Å²) in [6, 6.07) is 19.5. The summed E-state index contributed by atoms with van der Waals surface area (Å²) < 4.78 is 1.86. The van der Waals surface area contributed by atoms with E-state index >= 15 is 0 Å². The predicted molar refractivity (Wildman–Crippen MR) is 117 cm³/mol. The lowest BCUT2D eigenvalue weighted by molar-refractivity contribution is -0.127. The molecule has 1 fully saturated rings. The first-order chi connectivity index (χ1) is 14.7. The standard InChI is InChI=1S/C25H25N3O2/c29-24(12-11-21-17-26-28(19-21)18-20-7-3-1-4-8-20)27-15-13-23(14-16-27)25(30)22-9-5-2-6-10-22/h1-12,17,19,23H,13-16,18H2. The molecular formula is C25H25N3O2. The molecule has 1 aliphatic heterocycles. The summed E-state index contributed by atoms with van der Waals surface area (Å²) in [5, 5.41) is 4.36. The molecule has 0 unspecified atom stereocenters. The molecule has 1 aromatic heterocycles. The molecule has 0 bridgehead atoms. The van der Waals surface area contributed by atoms with Gasteiger partial charge in [0, 0.05) is 42.4 Å². The van der Waals surface area contributed by atoms with Crippen molar-refractivity contribution in [1.82, 2.24) is 14.7 Å². The van der Waals surface area contributed by atoms with Gasteiger partial charge in [-0.25, -0.2) is 0 Å². The molecule has 4 rings (SSSR count). The van der Waals surface area contributed by atoms with Crippen molar-refractivity contribution in [3.63, 3.8) is 0 Å². The van der Waals surface area contributed by atoms with Crippen LogP contribution in [0.15, 0.2) is 79.1 Å². The maximum Gasteiger partial charge on any atom is 0.246 e. The molecule has 0 aliphatic carbocycles. The largest absolute Gasteiger partial charge is 0.339 e. The first-order valence-corrected chi connectivity index (χ1v) is 10.3. The zero-order chi connectivity index (χ0) is 20.8. The van der Waals surface area contributed by atoms with Crippen molar-refractivity contribution in [2.45, 2.75) is 19.4 Å². The Morgan fingerprint density at radius 3 is 2.33 bits per heavy atom. The fourth-order valence-electron chi connectivity index (χ4n) is 3.80. The fourth-order valence-corrected chi connectivity index (χ4v) is 3.80. The zero-order valence-corrected chi connectivity index (χ0v) is 16.9. The van der Waals surface area contributed by atoms with Crippen molar-refractivity contribution in [1.29, 1.82) is 0 Å². The third kappa shape index (κ3) is 4.92. The highest BCUT2D eigenvalue weighted by Crippen LogP contribution is 2.22. The molecule has 0 N–H and O–H groups in total. The molecule has 1 aliphatic rings. The van der Waals surface area contributed by atoms with Crippen molar-refractivity contribution < 1.29 is 9.59 Å². The van der Waals surface area contributed by atoms with Gasteiger partial charge in [-0.2, -0.15) is 5.10 Å². The summed E-state index contributed by atoms with van der Waals surface area (Å²) in [6.45, 7) is 1.92. The number of Topliss-reactive ketones (excluding diaryl/α,β-unsaturated/α-hetero) is 1. The third-order valence-electron chi connectivity index (χ3n) is 5.49. The first-order valence-electron chi connectivity index (χ1n) is 10.3. The third-order valence-corrected chi connectivity index (χ3v) is 5.49. The van der Waals surface area contributed by atoms with E-state index in [1.165, 1.54) is 5.56 Å². The Hall–Kier alpha value is -3.47. The predicted octanol–water partition coefficient (Wildman–Crippen LogP) is 4.07. The van der Waals surface area contributed by atoms with Gasteiger partial charge in [-0.05, 0) is 24.5 Å². The van der Waals surface area contributed by atoms with Crippen molar-refractivity contribution in [3.05, 3.63) is 95.8 Å². The van der Waals surface area contributed by atoms with Crippen LogP contribution < -0.4 is 0 Å². The Morgan fingerprint density at radius 2 is 1.63 bits per heavy atom. The molecule has 0 saturated carbocycles. The van der Waals surface area contributed by atoms with E-state index in [0.29, 0.717) is 32.5 Å². The lowest BCUT2D eigenvalue weighted by Gasteiger charge is -2.30. The minimum absolute atomic E-state index is 0.00310. The number of benzene rings is 2. The number of carbonyl (C=O) groups excluding carboxylic acids is 2. The molecule has 1 saturated heterocycles. The fraction of sp³-hybridized carbons (Fsp3) is 0.240. The number of hydrogen-bond donors (Lipinski definition) is 0. The number of rotatable bonds is 6. The molecule has 2 aromatic carbocycles. The van der Waals surface area contributed by atoms with Gasteiger partial charge in [-0.3, -0.25) is 14.3 Å². The lowest BCUT2D eigenvalue weighted by atomic mass is 9.89. The van der Waals surface area contributed by atoms with Crippen LogP contribution >= 0.6 is 0 Å². The van der Waals surface area contributed by atoms with Gasteiger partial charge >= 0.3 is 0 Å². The summed E-state index contributed by atoms with van der Waals surface area (Å²) in [5.41, 5.74) is 2.84. The first kappa shape index (κ1) is 19.8. The maximum atomic E-state index is 12.6. The number of likely N-dealkylation sites (tertiary alicyclic amines) is 1. The van der Waals surface area contributed by atoms with E-state index in [0.717, 1.165) is 11.1 Å². The minimum atomic E-state index is -0.0172. The molecule has 0 radical (unpaired) electrons. The molecule has 152 valence electrons. The smallest absolute Gasteiger partial charge is 0.246 e. The molecule has 1 amide bonds. The van der Waals surface area contributed by atoms with Gasteiger partial charge in [-0.1, -0.05) is 60.7 Å². The van der Waals surface area contributed by atoms with Gasteiger partial charge in [0.25, 0.3) is 0 Å². The lowest BCUT2D eigenvalue weighted by Crippen LogP contribution is -2.39. The van der Waals surface area contributed by atoms with Crippen LogP contribution in [0.25, 0.3) is 6.08 Å². The van der Waals surface area contributed by atoms with Gasteiger partial charge in [0.15, 0.2) is 5.78 Å². The van der Waals surface area contributed by atoms with Gasteiger partial charge in [-0.15, -0.1) is 0 Å². The van der Waals surface area contributed by atoms with Gasteiger partial charge in [0.1, 0.15) is 0 Å². The SMILES string of the molecule is O=C(c1ccccc1)C1CCN(C(=O)C=Cc2cnn(Cc3ccccc3)c2)CC1. The molecule has 0 atom stereocenters. The molecular weight excluding hydrogens is 374 g/mol. The topological polar surface area (TPSA) is 55.2 Å². The summed E-state index contributed by atoms with van der Waals surface area (Å²) in [6.07, 6.45) is 8.52. The van der Waals surface area contributed by atoms with Crippen LogP contribution in [0, 0.1) is 5.92 Å². The summed E-state index contributed by atoms with van der Waals surface area (Å²) >= 11 is 0. The highest BCUT2D eigenvalue weighted by atomic mass is 16.2. The normalized spacial score (nSPS) is 14.9. The Kier molecular flexibility index (Phi) is 6.18. The van der Waals surface area contributed by atoms with E-state index in [1.807, 2.05) is 64.3 Å². The summed E-state index contributed by atoms with van der Waals surface area (Å²) in [7, 11) is 0. The highest BCUT2D eigenvalue weighted by Gasteiger charge is 2.27. The Bertz CT molecular complexity index is 1020. The molecule has 0 spiro atoms. The Morgan fingerprint density at radius 1 is 0.967 bits per heavy atom. The van der Waals surface area contributed by atoms with Crippen molar-refractivity contribution >= 4 is 17.8 Å². The van der Waals surface area contributed by atoms with Crippen LogP contribution in [0.4, 0.5) is 0 Å². The van der Waals surface area contributed by atoms with Crippen LogP contribution in [-0.4, -0.2) is 39.5 Å². The number of amides is 1. The van der Waals surface area contributed by atoms with Gasteiger partial charge in [0.05, 0.1) is 12.7 Å². The van der Waals surface area contributed by atoms with E-state index in [-0.39, 0.29) is 17.6 Å². The number of ketones is 1. The van der Waals surface area contributed by atoms with Crippen LogP contribution in [0.3, 0.4) is 0 Å². The Balaban J connectivity index is 1.29. The van der Waals surface area contributed by atoms with E-state index in [2.05, 4.69) is 17.2 Å². The second-order valence-corrected chi connectivity index (χ2v) is 7.62. The molecule has 5 heteroatoms. The average molecular weight is 399 g/mol. The van der Waals surface area contributed by atoms with Crippen molar-refractivity contribution in [2.75, 3.05) is 13.1 Å². The molecule has 3 aromatic rings.